The van der Waals surface area contributed by atoms with Crippen molar-refractivity contribution in [2.75, 3.05) is 0 Å². The van der Waals surface area contributed by atoms with E-state index in [0.717, 1.165) is 22.4 Å². The molecule has 2 aliphatic carbocycles. The Morgan fingerprint density at radius 2 is 1.29 bits per heavy atom. The molecule has 0 aromatic carbocycles. The first-order valence-corrected chi connectivity index (χ1v) is 6.90. The Morgan fingerprint density at radius 3 is 1.36 bits per heavy atom. The first-order valence-electron chi connectivity index (χ1n) is 4.59. The van der Waals surface area contributed by atoms with E-state index in [1.807, 2.05) is 24.3 Å². The van der Waals surface area contributed by atoms with Crippen LogP contribution in [0.4, 0.5) is 0 Å². The standard InChI is InChI=1S/2C5H5.C2H7Si.Zr/c2*1-2-4-5-3-1;1-3-2;/h2*1-3H,4H2;3H,1-2H3;/q2*-1;;+2. The summed E-state index contributed by atoms with van der Waals surface area (Å²) in [5.41, 5.74) is 0. The Bertz CT molecular complexity index is 160. The van der Waals surface area contributed by atoms with E-state index in [9.17, 15) is 0 Å². The molecule has 1 radical (unpaired) electrons. The van der Waals surface area contributed by atoms with E-state index in [1.165, 1.54) is 0 Å². The molecule has 0 aromatic heterocycles. The summed E-state index contributed by atoms with van der Waals surface area (Å²) < 4.78 is 0. The van der Waals surface area contributed by atoms with Crippen LogP contribution in [0, 0.1) is 12.2 Å². The Morgan fingerprint density at radius 1 is 0.929 bits per heavy atom. The van der Waals surface area contributed by atoms with Gasteiger partial charge in [0.05, 0.1) is 0 Å². The van der Waals surface area contributed by atoms with Crippen molar-refractivity contribution in [2.45, 2.75) is 25.9 Å². The summed E-state index contributed by atoms with van der Waals surface area (Å²) in [5.74, 6) is 0. The molecule has 0 nitrogen and oxygen atoms in total. The summed E-state index contributed by atoms with van der Waals surface area (Å²) in [4.78, 5) is 0. The predicted octanol–water partition coefficient (Wildman–Crippen LogP) is 3.13. The molecule has 0 atom stereocenters. The van der Waals surface area contributed by atoms with Gasteiger partial charge in [-0.3, -0.25) is 12.2 Å². The Labute approximate surface area is 110 Å². The van der Waals surface area contributed by atoms with Gasteiger partial charge >= 0.3 is 26.2 Å². The molecule has 0 fully saturated rings. The minimum atomic E-state index is 0. The van der Waals surface area contributed by atoms with Crippen LogP contribution in [0.25, 0.3) is 0 Å². The molecular formula is C12H17SiZr. The second-order valence-corrected chi connectivity index (χ2v) is 3.74. The molecule has 73 valence electrons. The first-order chi connectivity index (χ1) is 6.41. The van der Waals surface area contributed by atoms with Crippen LogP contribution in [0.1, 0.15) is 12.8 Å². The molecule has 2 aliphatic rings. The van der Waals surface area contributed by atoms with Gasteiger partial charge in [-0.2, -0.15) is 12.2 Å². The maximum atomic E-state index is 2.99. The fraction of sp³-hybridized carbons (Fsp3) is 0.333. The van der Waals surface area contributed by atoms with E-state index in [2.05, 4.69) is 37.4 Å². The normalized spacial score (nSPS) is 13.9. The van der Waals surface area contributed by atoms with Crippen molar-refractivity contribution in [1.82, 2.24) is 0 Å². The molecule has 0 saturated heterocycles. The van der Waals surface area contributed by atoms with E-state index < -0.39 is 0 Å². The van der Waals surface area contributed by atoms with Gasteiger partial charge in [0.15, 0.2) is 0 Å². The van der Waals surface area contributed by atoms with Crippen molar-refractivity contribution < 1.29 is 26.2 Å². The number of hydrogen-bond donors (Lipinski definition) is 0. The molecule has 0 saturated carbocycles. The monoisotopic (exact) mass is 279 g/mol. The Hall–Kier alpha value is 0.0600. The van der Waals surface area contributed by atoms with Crippen LogP contribution in [0.5, 0.6) is 0 Å². The fourth-order valence-corrected chi connectivity index (χ4v) is 0.680. The van der Waals surface area contributed by atoms with Gasteiger partial charge in [0.2, 0.25) is 0 Å². The largest absolute Gasteiger partial charge is 2.00 e. The summed E-state index contributed by atoms with van der Waals surface area (Å²) in [5, 5.41) is 0. The molecule has 0 bridgehead atoms. The van der Waals surface area contributed by atoms with Crippen LogP contribution in [-0.2, 0) is 26.2 Å². The predicted molar refractivity (Wildman–Crippen MR) is 62.0 cm³/mol. The van der Waals surface area contributed by atoms with Crippen LogP contribution in [0.15, 0.2) is 36.5 Å². The zero-order chi connectivity index (χ0) is 9.78. The van der Waals surface area contributed by atoms with Crippen LogP contribution >= 0.6 is 0 Å². The summed E-state index contributed by atoms with van der Waals surface area (Å²) in [7, 11) is 0.750. The summed E-state index contributed by atoms with van der Waals surface area (Å²) in [6.45, 7) is 4.42. The first kappa shape index (κ1) is 16.5. The molecular weight excluding hydrogens is 263 g/mol. The molecule has 0 amide bonds. The van der Waals surface area contributed by atoms with Crippen LogP contribution in [0.3, 0.4) is 0 Å². The second kappa shape index (κ2) is 15.5. The average molecular weight is 281 g/mol. The topological polar surface area (TPSA) is 0 Å². The molecule has 2 rings (SSSR count). The molecule has 14 heavy (non-hydrogen) atoms. The maximum absolute atomic E-state index is 2.99. The van der Waals surface area contributed by atoms with E-state index in [-0.39, 0.29) is 26.2 Å². The molecule has 0 heterocycles. The second-order valence-electron chi connectivity index (χ2n) is 2.58. The zero-order valence-electron chi connectivity index (χ0n) is 8.96. The number of rotatable bonds is 0. The minimum absolute atomic E-state index is 0. The van der Waals surface area contributed by atoms with Gasteiger partial charge in [-0.1, -0.05) is 13.1 Å². The molecule has 0 N–H and O–H groups in total. The van der Waals surface area contributed by atoms with E-state index in [0.29, 0.717) is 0 Å². The summed E-state index contributed by atoms with van der Waals surface area (Å²) in [6, 6.07) is 0. The molecule has 0 spiro atoms. The molecule has 2 heteroatoms. The van der Waals surface area contributed by atoms with E-state index in [1.54, 1.807) is 0 Å². The smallest absolute Gasteiger partial charge is 0.273 e. The maximum Gasteiger partial charge on any atom is 2.00 e. The van der Waals surface area contributed by atoms with Crippen molar-refractivity contribution in [2.24, 2.45) is 0 Å². The quantitative estimate of drug-likeness (QED) is 0.472. The van der Waals surface area contributed by atoms with E-state index in [4.69, 9.17) is 0 Å². The summed E-state index contributed by atoms with van der Waals surface area (Å²) >= 11 is 0. The van der Waals surface area contributed by atoms with Gasteiger partial charge < -0.3 is 0 Å². The SMILES string of the molecule is C[SiH]C.[C-]1=CC=CC1.[C-]1=CC=CC1.[Zr+2]. The van der Waals surface area contributed by atoms with Gasteiger partial charge in [0, 0.05) is 9.52 Å². The molecule has 0 unspecified atom stereocenters. The van der Waals surface area contributed by atoms with Crippen LogP contribution in [-0.4, -0.2) is 9.52 Å². The average Bonchev–Trinajstić information content (AvgIpc) is 2.85. The molecule has 0 aromatic rings. The van der Waals surface area contributed by atoms with Crippen molar-refractivity contribution in [3.63, 3.8) is 0 Å². The third-order valence-electron chi connectivity index (χ3n) is 1.17. The van der Waals surface area contributed by atoms with Gasteiger partial charge in [-0.05, 0) is 0 Å². The summed E-state index contributed by atoms with van der Waals surface area (Å²) in [6.07, 6.45) is 20.0. The van der Waals surface area contributed by atoms with Crippen LogP contribution in [0.2, 0.25) is 13.1 Å². The van der Waals surface area contributed by atoms with E-state index >= 15 is 0 Å². The van der Waals surface area contributed by atoms with Crippen molar-refractivity contribution >= 4 is 9.52 Å². The van der Waals surface area contributed by atoms with Gasteiger partial charge in [0.25, 0.3) is 0 Å². The Balaban J connectivity index is 0. The van der Waals surface area contributed by atoms with Crippen LogP contribution < -0.4 is 0 Å². The van der Waals surface area contributed by atoms with Gasteiger partial charge in [-0.15, -0.1) is 12.8 Å². The third kappa shape index (κ3) is 14.6. The third-order valence-corrected chi connectivity index (χ3v) is 1.17. The van der Waals surface area contributed by atoms with Gasteiger partial charge in [0.1, 0.15) is 0 Å². The number of allylic oxidation sites excluding steroid dienone is 8. The van der Waals surface area contributed by atoms with Crippen molar-refractivity contribution in [1.29, 1.82) is 0 Å². The van der Waals surface area contributed by atoms with Gasteiger partial charge in [-0.25, -0.2) is 24.3 Å². The van der Waals surface area contributed by atoms with Crippen molar-refractivity contribution in [3.05, 3.63) is 48.6 Å². The zero-order valence-corrected chi connectivity index (χ0v) is 12.6. The minimum Gasteiger partial charge on any atom is -0.273 e. The fourth-order valence-electron chi connectivity index (χ4n) is 0.680. The molecule has 0 aliphatic heterocycles. The van der Waals surface area contributed by atoms with Crippen molar-refractivity contribution in [3.8, 4) is 0 Å². The number of hydrogen-bond acceptors (Lipinski definition) is 0. The Kier molecular flexibility index (Phi) is 18.3.